The first-order valence-corrected chi connectivity index (χ1v) is 8.51. The van der Waals surface area contributed by atoms with Crippen LogP contribution in [0.1, 0.15) is 36.9 Å². The number of amides is 1. The van der Waals surface area contributed by atoms with Gasteiger partial charge in [0.1, 0.15) is 0 Å². The van der Waals surface area contributed by atoms with Crippen LogP contribution in [-0.4, -0.2) is 21.9 Å². The Hall–Kier alpha value is -1.86. The molecular weight excluding hydrogens is 312 g/mol. The van der Waals surface area contributed by atoms with Crippen molar-refractivity contribution in [1.29, 1.82) is 0 Å². The minimum absolute atomic E-state index is 0.0408. The highest BCUT2D eigenvalue weighted by atomic mass is 32.2. The number of carbonyl (C=O) groups is 1. The second kappa shape index (κ2) is 7.61. The second-order valence-corrected chi connectivity index (χ2v) is 6.84. The molecule has 124 valence electrons. The molecule has 0 fully saturated rings. The molecule has 0 aliphatic heterocycles. The first-order valence-electron chi connectivity index (χ1n) is 7.53. The highest BCUT2D eigenvalue weighted by Gasteiger charge is 2.21. The number of quaternary nitrogens is 1. The van der Waals surface area contributed by atoms with Crippen LogP contribution in [0, 0.1) is 19.8 Å². The number of carbonyl (C=O) groups excluding carboxylic acids is 1. The SMILES string of the molecule is Cc1ccc(NC(=O)CSc2nnc([C@@H]([NH3+])C(C)C)o2)c(C)c1. The van der Waals surface area contributed by atoms with Crippen LogP contribution in [0.5, 0.6) is 0 Å². The van der Waals surface area contributed by atoms with Crippen LogP contribution in [0.25, 0.3) is 0 Å². The van der Waals surface area contributed by atoms with Gasteiger partial charge in [0.15, 0.2) is 6.04 Å². The average molecular weight is 335 g/mol. The van der Waals surface area contributed by atoms with E-state index in [2.05, 4.69) is 21.2 Å². The summed E-state index contributed by atoms with van der Waals surface area (Å²) >= 11 is 1.23. The van der Waals surface area contributed by atoms with Gasteiger partial charge in [-0.05, 0) is 25.5 Å². The number of nitrogens with zero attached hydrogens (tertiary/aromatic N) is 2. The van der Waals surface area contributed by atoms with E-state index in [1.54, 1.807) is 0 Å². The van der Waals surface area contributed by atoms with Crippen molar-refractivity contribution in [1.82, 2.24) is 10.2 Å². The van der Waals surface area contributed by atoms with Crippen LogP contribution in [-0.2, 0) is 4.79 Å². The number of nitrogens with one attached hydrogen (secondary N) is 1. The first kappa shape index (κ1) is 17.5. The van der Waals surface area contributed by atoms with Crippen LogP contribution >= 0.6 is 11.8 Å². The molecule has 0 aliphatic rings. The van der Waals surface area contributed by atoms with Gasteiger partial charge in [-0.1, -0.05) is 43.3 Å². The molecule has 2 aromatic rings. The number of anilines is 1. The van der Waals surface area contributed by atoms with Crippen LogP contribution in [0.4, 0.5) is 5.69 Å². The lowest BCUT2D eigenvalue weighted by molar-refractivity contribution is -0.443. The largest absolute Gasteiger partial charge is 0.410 e. The molecule has 1 aromatic heterocycles. The normalized spacial score (nSPS) is 12.4. The predicted octanol–water partition coefficient (Wildman–Crippen LogP) is 2.36. The molecule has 23 heavy (non-hydrogen) atoms. The quantitative estimate of drug-likeness (QED) is 0.790. The molecule has 6 nitrogen and oxygen atoms in total. The van der Waals surface area contributed by atoms with Gasteiger partial charge < -0.3 is 15.5 Å². The molecule has 2 rings (SSSR count). The first-order chi connectivity index (χ1) is 10.9. The van der Waals surface area contributed by atoms with E-state index in [0.29, 0.717) is 17.0 Å². The Labute approximate surface area is 140 Å². The number of hydrogen-bond acceptors (Lipinski definition) is 5. The molecule has 0 saturated carbocycles. The summed E-state index contributed by atoms with van der Waals surface area (Å²) in [5.41, 5.74) is 7.04. The van der Waals surface area contributed by atoms with E-state index in [9.17, 15) is 4.79 Å². The number of aryl methyl sites for hydroxylation is 2. The van der Waals surface area contributed by atoms with Crippen molar-refractivity contribution in [2.24, 2.45) is 5.92 Å². The van der Waals surface area contributed by atoms with Gasteiger partial charge in [-0.25, -0.2) is 0 Å². The van der Waals surface area contributed by atoms with Gasteiger partial charge in [0.2, 0.25) is 5.91 Å². The molecular formula is C16H23N4O2S+. The van der Waals surface area contributed by atoms with E-state index in [-0.39, 0.29) is 17.7 Å². The summed E-state index contributed by atoms with van der Waals surface area (Å²) in [5, 5.41) is 11.2. The summed E-state index contributed by atoms with van der Waals surface area (Å²) in [7, 11) is 0. The fraction of sp³-hybridized carbons (Fsp3) is 0.438. The third-order valence-electron chi connectivity index (χ3n) is 3.53. The van der Waals surface area contributed by atoms with Crippen LogP contribution < -0.4 is 11.1 Å². The van der Waals surface area contributed by atoms with E-state index in [1.807, 2.05) is 45.9 Å². The summed E-state index contributed by atoms with van der Waals surface area (Å²) in [5.74, 6) is 0.952. The summed E-state index contributed by atoms with van der Waals surface area (Å²) in [4.78, 5) is 12.0. The van der Waals surface area contributed by atoms with Crippen LogP contribution in [0.2, 0.25) is 0 Å². The summed E-state index contributed by atoms with van der Waals surface area (Å²) in [6.45, 7) is 8.09. The highest BCUT2D eigenvalue weighted by Crippen LogP contribution is 2.22. The zero-order chi connectivity index (χ0) is 17.0. The van der Waals surface area contributed by atoms with Gasteiger partial charge in [-0.2, -0.15) is 0 Å². The van der Waals surface area contributed by atoms with E-state index >= 15 is 0 Å². The zero-order valence-electron chi connectivity index (χ0n) is 13.9. The molecule has 1 amide bonds. The maximum Gasteiger partial charge on any atom is 0.277 e. The highest BCUT2D eigenvalue weighted by molar-refractivity contribution is 7.99. The molecule has 0 spiro atoms. The van der Waals surface area contributed by atoms with Crippen LogP contribution in [0.15, 0.2) is 27.8 Å². The summed E-state index contributed by atoms with van der Waals surface area (Å²) in [6, 6.07) is 5.88. The standard InChI is InChI=1S/C16H22N4O2S/c1-9(2)14(17)15-19-20-16(22-15)23-8-13(21)18-12-6-5-10(3)7-11(12)4/h5-7,9,14H,8,17H2,1-4H3,(H,18,21)/p+1/t14-/m0/s1. The van der Waals surface area contributed by atoms with Crippen LogP contribution in [0.3, 0.4) is 0 Å². The third-order valence-corrected chi connectivity index (χ3v) is 4.35. The minimum atomic E-state index is -0.100. The van der Waals surface area contributed by atoms with Gasteiger partial charge in [-0.15, -0.1) is 10.2 Å². The van der Waals surface area contributed by atoms with Gasteiger partial charge in [-0.3, -0.25) is 4.79 Å². The second-order valence-electron chi connectivity index (χ2n) is 5.91. The van der Waals surface area contributed by atoms with Crippen molar-refractivity contribution in [2.45, 2.75) is 39.0 Å². The number of thioether (sulfide) groups is 1. The number of hydrogen-bond donors (Lipinski definition) is 2. The van der Waals surface area contributed by atoms with Crippen molar-refractivity contribution >= 4 is 23.4 Å². The van der Waals surface area contributed by atoms with Crippen molar-refractivity contribution < 1.29 is 14.9 Å². The molecule has 0 saturated heterocycles. The Balaban J connectivity index is 1.89. The lowest BCUT2D eigenvalue weighted by Crippen LogP contribution is -2.56. The summed E-state index contributed by atoms with van der Waals surface area (Å²) < 4.78 is 5.55. The summed E-state index contributed by atoms with van der Waals surface area (Å²) in [6.07, 6.45) is 0. The Kier molecular flexibility index (Phi) is 5.79. The van der Waals surface area contributed by atoms with E-state index in [0.717, 1.165) is 11.3 Å². The predicted molar refractivity (Wildman–Crippen MR) is 90.0 cm³/mol. The Bertz CT molecular complexity index is 684. The molecule has 0 radical (unpaired) electrons. The Morgan fingerprint density at radius 1 is 1.35 bits per heavy atom. The number of benzene rings is 1. The number of aromatic nitrogens is 2. The Morgan fingerprint density at radius 2 is 2.09 bits per heavy atom. The van der Waals surface area contributed by atoms with E-state index in [4.69, 9.17) is 4.42 Å². The fourth-order valence-electron chi connectivity index (χ4n) is 1.98. The molecule has 4 N–H and O–H groups in total. The average Bonchev–Trinajstić information content (AvgIpc) is 2.96. The molecule has 1 heterocycles. The lowest BCUT2D eigenvalue weighted by atomic mass is 10.1. The number of rotatable bonds is 6. The van der Waals surface area contributed by atoms with Crippen molar-refractivity contribution in [3.05, 3.63) is 35.2 Å². The third kappa shape index (κ3) is 4.80. The zero-order valence-corrected chi connectivity index (χ0v) is 14.7. The lowest BCUT2D eigenvalue weighted by Gasteiger charge is -2.08. The smallest absolute Gasteiger partial charge is 0.277 e. The molecule has 1 atom stereocenters. The maximum absolute atomic E-state index is 12.0. The van der Waals surface area contributed by atoms with Crippen molar-refractivity contribution in [2.75, 3.05) is 11.1 Å². The van der Waals surface area contributed by atoms with E-state index < -0.39 is 0 Å². The topological polar surface area (TPSA) is 95.7 Å². The van der Waals surface area contributed by atoms with Gasteiger partial charge >= 0.3 is 0 Å². The molecule has 0 aliphatic carbocycles. The van der Waals surface area contributed by atoms with Gasteiger partial charge in [0, 0.05) is 11.6 Å². The minimum Gasteiger partial charge on any atom is -0.410 e. The van der Waals surface area contributed by atoms with E-state index in [1.165, 1.54) is 17.3 Å². The van der Waals surface area contributed by atoms with Gasteiger partial charge in [0.25, 0.3) is 11.1 Å². The van der Waals surface area contributed by atoms with Gasteiger partial charge in [0.05, 0.1) is 5.75 Å². The molecule has 0 bridgehead atoms. The maximum atomic E-state index is 12.0. The molecule has 0 unspecified atom stereocenters. The molecule has 1 aromatic carbocycles. The Morgan fingerprint density at radius 3 is 2.74 bits per heavy atom. The monoisotopic (exact) mass is 335 g/mol. The molecule has 7 heteroatoms. The van der Waals surface area contributed by atoms with Crippen molar-refractivity contribution in [3.8, 4) is 0 Å². The fourth-order valence-corrected chi connectivity index (χ4v) is 2.55. The van der Waals surface area contributed by atoms with Crippen molar-refractivity contribution in [3.63, 3.8) is 0 Å².